The van der Waals surface area contributed by atoms with E-state index in [-0.39, 0.29) is 0 Å². The van der Waals surface area contributed by atoms with Crippen LogP contribution in [0.3, 0.4) is 0 Å². The molecule has 2 aromatic heterocycles. The Morgan fingerprint density at radius 1 is 1.09 bits per heavy atom. The van der Waals surface area contributed by atoms with Crippen LogP contribution in [0.5, 0.6) is 0 Å². The van der Waals surface area contributed by atoms with Gasteiger partial charge in [-0.3, -0.25) is 0 Å². The fourth-order valence-electron chi connectivity index (χ4n) is 2.03. The number of halogens is 1. The van der Waals surface area contributed by atoms with E-state index >= 15 is 0 Å². The van der Waals surface area contributed by atoms with Crippen molar-refractivity contribution in [3.63, 3.8) is 0 Å². The van der Waals surface area contributed by atoms with Crippen molar-refractivity contribution in [3.8, 4) is 11.5 Å². The van der Waals surface area contributed by atoms with Gasteiger partial charge in [0, 0.05) is 17.5 Å². The highest BCUT2D eigenvalue weighted by atomic mass is 35.5. The Labute approximate surface area is 136 Å². The number of hydrogen-bond donors (Lipinski definition) is 0. The van der Waals surface area contributed by atoms with E-state index in [1.807, 2.05) is 30.3 Å². The van der Waals surface area contributed by atoms with Crippen molar-refractivity contribution in [2.45, 2.75) is 29.0 Å². The number of rotatable bonds is 4. The van der Waals surface area contributed by atoms with Gasteiger partial charge in [0.25, 0.3) is 5.22 Å². The van der Waals surface area contributed by atoms with E-state index in [0.29, 0.717) is 22.2 Å². The van der Waals surface area contributed by atoms with E-state index < -0.39 is 0 Å². The first-order chi connectivity index (χ1) is 10.8. The van der Waals surface area contributed by atoms with Crippen LogP contribution >= 0.6 is 23.4 Å². The third kappa shape index (κ3) is 2.98. The zero-order valence-corrected chi connectivity index (χ0v) is 13.0. The summed E-state index contributed by atoms with van der Waals surface area (Å²) in [5.74, 6) is 1.74. The number of aromatic nitrogens is 4. The molecule has 5 nitrogen and oxygen atoms in total. The summed E-state index contributed by atoms with van der Waals surface area (Å²) in [5.41, 5.74) is 0.890. The predicted octanol–water partition coefficient (Wildman–Crippen LogP) is 4.21. The van der Waals surface area contributed by atoms with Gasteiger partial charge in [0.2, 0.25) is 5.89 Å². The number of hydrogen-bond acceptors (Lipinski definition) is 6. The summed E-state index contributed by atoms with van der Waals surface area (Å²) in [6.07, 6.45) is 2.26. The predicted molar refractivity (Wildman–Crippen MR) is 82.9 cm³/mol. The van der Waals surface area contributed by atoms with E-state index in [9.17, 15) is 0 Å². The molecule has 3 aromatic rings. The van der Waals surface area contributed by atoms with Crippen LogP contribution in [0.2, 0.25) is 5.15 Å². The molecule has 4 rings (SSSR count). The molecule has 1 aromatic carbocycles. The molecule has 0 bridgehead atoms. The summed E-state index contributed by atoms with van der Waals surface area (Å²) in [7, 11) is 0. The van der Waals surface area contributed by atoms with Crippen molar-refractivity contribution in [2.24, 2.45) is 0 Å². The summed E-state index contributed by atoms with van der Waals surface area (Å²) < 4.78 is 5.67. The maximum atomic E-state index is 6.06. The minimum atomic E-state index is 0.440. The van der Waals surface area contributed by atoms with Crippen LogP contribution in [0, 0.1) is 0 Å². The molecular formula is C15H11ClN4OS. The van der Waals surface area contributed by atoms with Crippen LogP contribution in [0.15, 0.2) is 51.1 Å². The first-order valence-electron chi connectivity index (χ1n) is 6.89. The Bertz CT molecular complexity index is 804. The Kier molecular flexibility index (Phi) is 3.56. The van der Waals surface area contributed by atoms with Crippen molar-refractivity contribution < 1.29 is 4.42 Å². The summed E-state index contributed by atoms with van der Waals surface area (Å²) >= 11 is 7.36. The van der Waals surface area contributed by atoms with Gasteiger partial charge in [0.05, 0.1) is 0 Å². The van der Waals surface area contributed by atoms with Crippen LogP contribution in [0.1, 0.15) is 24.6 Å². The molecule has 0 amide bonds. The molecular weight excluding hydrogens is 320 g/mol. The summed E-state index contributed by atoms with van der Waals surface area (Å²) in [5, 5.41) is 9.73. The van der Waals surface area contributed by atoms with E-state index in [4.69, 9.17) is 16.0 Å². The Hall–Kier alpha value is -1.92. The van der Waals surface area contributed by atoms with Crippen molar-refractivity contribution in [1.82, 2.24) is 20.2 Å². The topological polar surface area (TPSA) is 64.7 Å². The molecule has 0 aliphatic heterocycles. The highest BCUT2D eigenvalue weighted by Crippen LogP contribution is 2.39. The minimum absolute atomic E-state index is 0.440. The molecule has 110 valence electrons. The molecule has 1 aliphatic carbocycles. The minimum Gasteiger partial charge on any atom is -0.411 e. The van der Waals surface area contributed by atoms with Gasteiger partial charge in [-0.15, -0.1) is 10.2 Å². The first-order valence-corrected chi connectivity index (χ1v) is 8.08. The molecule has 1 aliphatic rings. The quantitative estimate of drug-likeness (QED) is 0.668. The van der Waals surface area contributed by atoms with Crippen LogP contribution in [-0.4, -0.2) is 20.2 Å². The van der Waals surface area contributed by atoms with Gasteiger partial charge in [0.1, 0.15) is 16.0 Å². The average Bonchev–Trinajstić information content (AvgIpc) is 3.28. The Morgan fingerprint density at radius 2 is 1.91 bits per heavy atom. The van der Waals surface area contributed by atoms with Gasteiger partial charge in [-0.2, -0.15) is 0 Å². The van der Waals surface area contributed by atoms with Crippen molar-refractivity contribution in [3.05, 3.63) is 47.4 Å². The van der Waals surface area contributed by atoms with Crippen LogP contribution in [-0.2, 0) is 0 Å². The Morgan fingerprint density at radius 3 is 2.68 bits per heavy atom. The second kappa shape index (κ2) is 5.70. The monoisotopic (exact) mass is 330 g/mol. The molecule has 1 saturated carbocycles. The smallest absolute Gasteiger partial charge is 0.283 e. The normalized spacial score (nSPS) is 14.2. The van der Waals surface area contributed by atoms with Crippen LogP contribution < -0.4 is 0 Å². The van der Waals surface area contributed by atoms with Gasteiger partial charge in [-0.25, -0.2) is 9.97 Å². The SMILES string of the molecule is Clc1cc(Sc2nnc(-c3ccccc3)o2)nc(C2CC2)n1. The van der Waals surface area contributed by atoms with E-state index in [1.165, 1.54) is 11.8 Å². The summed E-state index contributed by atoms with van der Waals surface area (Å²) in [6.45, 7) is 0. The maximum absolute atomic E-state index is 6.06. The second-order valence-corrected chi connectivity index (χ2v) is 6.36. The third-order valence-corrected chi connectivity index (χ3v) is 4.20. The van der Waals surface area contributed by atoms with Gasteiger partial charge in [-0.1, -0.05) is 29.8 Å². The lowest BCUT2D eigenvalue weighted by Crippen LogP contribution is -1.94. The summed E-state index contributed by atoms with van der Waals surface area (Å²) in [4.78, 5) is 8.78. The molecule has 0 atom stereocenters. The van der Waals surface area contributed by atoms with Crippen molar-refractivity contribution in [2.75, 3.05) is 0 Å². The van der Waals surface area contributed by atoms with Gasteiger partial charge in [-0.05, 0) is 36.7 Å². The largest absolute Gasteiger partial charge is 0.411 e. The first kappa shape index (κ1) is 13.7. The lowest BCUT2D eigenvalue weighted by Gasteiger charge is -2.01. The third-order valence-electron chi connectivity index (χ3n) is 3.25. The molecule has 22 heavy (non-hydrogen) atoms. The second-order valence-electron chi connectivity index (χ2n) is 5.00. The molecule has 0 N–H and O–H groups in total. The molecule has 0 radical (unpaired) electrons. The standard InChI is InChI=1S/C15H11ClN4OS/c16-11-8-12(18-13(17-11)9-6-7-9)22-15-20-19-14(21-15)10-4-2-1-3-5-10/h1-5,8-9H,6-7H2. The zero-order chi connectivity index (χ0) is 14.9. The highest BCUT2D eigenvalue weighted by molar-refractivity contribution is 7.99. The van der Waals surface area contributed by atoms with Gasteiger partial charge < -0.3 is 4.42 Å². The maximum Gasteiger partial charge on any atom is 0.283 e. The van der Waals surface area contributed by atoms with Crippen molar-refractivity contribution >= 4 is 23.4 Å². The van der Waals surface area contributed by atoms with Crippen LogP contribution in [0.25, 0.3) is 11.5 Å². The fraction of sp³-hybridized carbons (Fsp3) is 0.200. The van der Waals surface area contributed by atoms with Crippen LogP contribution in [0.4, 0.5) is 0 Å². The molecule has 0 spiro atoms. The molecule has 0 saturated heterocycles. The molecule has 2 heterocycles. The van der Waals surface area contributed by atoms with Gasteiger partial charge >= 0.3 is 0 Å². The molecule has 1 fully saturated rings. The van der Waals surface area contributed by atoms with Crippen molar-refractivity contribution in [1.29, 1.82) is 0 Å². The summed E-state index contributed by atoms with van der Waals surface area (Å²) in [6, 6.07) is 11.4. The Balaban J connectivity index is 1.58. The zero-order valence-electron chi connectivity index (χ0n) is 11.4. The number of benzene rings is 1. The van der Waals surface area contributed by atoms with E-state index in [1.54, 1.807) is 6.07 Å². The van der Waals surface area contributed by atoms with E-state index in [0.717, 1.165) is 29.3 Å². The molecule has 7 heteroatoms. The lowest BCUT2D eigenvalue weighted by molar-refractivity contribution is 0.465. The number of nitrogens with zero attached hydrogens (tertiary/aromatic N) is 4. The van der Waals surface area contributed by atoms with E-state index in [2.05, 4.69) is 20.2 Å². The highest BCUT2D eigenvalue weighted by Gasteiger charge is 2.27. The average molecular weight is 331 g/mol. The van der Waals surface area contributed by atoms with Gasteiger partial charge in [0.15, 0.2) is 0 Å². The molecule has 0 unspecified atom stereocenters. The lowest BCUT2D eigenvalue weighted by atomic mass is 10.2. The fourth-order valence-corrected chi connectivity index (χ4v) is 2.97.